The van der Waals surface area contributed by atoms with Gasteiger partial charge in [0, 0.05) is 12.1 Å². The lowest BCUT2D eigenvalue weighted by molar-refractivity contribution is 0.368. The summed E-state index contributed by atoms with van der Waals surface area (Å²) in [5.74, 6) is 0.918. The average molecular weight is 308 g/mol. The van der Waals surface area contributed by atoms with Crippen molar-refractivity contribution in [2.45, 2.75) is 6.92 Å². The van der Waals surface area contributed by atoms with Crippen LogP contribution in [-0.4, -0.2) is 7.25 Å². The topological polar surface area (TPSA) is 11.3 Å². The van der Waals surface area contributed by atoms with Gasteiger partial charge in [-0.3, -0.25) is 0 Å². The van der Waals surface area contributed by atoms with Crippen LogP contribution in [0.15, 0.2) is 65.1 Å². The van der Waals surface area contributed by atoms with Crippen molar-refractivity contribution < 1.29 is 21.7 Å². The van der Waals surface area contributed by atoms with Crippen molar-refractivity contribution in [1.29, 1.82) is 0 Å². The molecule has 0 aliphatic carbocycles. The van der Waals surface area contributed by atoms with E-state index in [2.05, 4.69) is 31.2 Å². The van der Waals surface area contributed by atoms with E-state index in [1.165, 1.54) is 10.9 Å². The van der Waals surface area contributed by atoms with E-state index in [0.717, 1.165) is 16.9 Å². The molecule has 0 N–H and O–H groups in total. The zero-order valence-corrected chi connectivity index (χ0v) is 11.8. The highest BCUT2D eigenvalue weighted by Gasteiger charge is 2.20. The van der Waals surface area contributed by atoms with Crippen LogP contribution in [0, 0.1) is 6.92 Å². The Bertz CT molecular complexity index is 751. The number of rotatable bonds is 1. The predicted octanol–water partition coefficient (Wildman–Crippen LogP) is 5.99. The summed E-state index contributed by atoms with van der Waals surface area (Å²) in [5.41, 5.74) is 3.29. The van der Waals surface area contributed by atoms with E-state index in [1.807, 2.05) is 36.4 Å². The fourth-order valence-electron chi connectivity index (χ4n) is 2.05. The first kappa shape index (κ1) is 16.0. The first-order chi connectivity index (χ1) is 10.3. The molecule has 0 saturated heterocycles. The van der Waals surface area contributed by atoms with E-state index in [0.29, 0.717) is 0 Å². The summed E-state index contributed by atoms with van der Waals surface area (Å²) in [6, 6.07) is 20.4. The molecule has 3 rings (SSSR count). The molecule has 0 fully saturated rings. The second-order valence-corrected chi connectivity index (χ2v) is 4.65. The molecule has 0 unspecified atom stereocenters. The standard InChI is InChI=1S/C16H13O.BF4/c1-12-11-16(13-7-3-2-4-8-13)17-15-10-6-5-9-14(12)15;2-1(3,4)5/h2-11H,1H3;/q+1;-1. The van der Waals surface area contributed by atoms with Gasteiger partial charge in [0.15, 0.2) is 0 Å². The lowest BCUT2D eigenvalue weighted by Gasteiger charge is -1.96. The summed E-state index contributed by atoms with van der Waals surface area (Å²) in [6.45, 7) is 2.12. The third kappa shape index (κ3) is 4.58. The molecule has 0 amide bonds. The maximum Gasteiger partial charge on any atom is 0.673 e. The third-order valence-electron chi connectivity index (χ3n) is 2.94. The number of fused-ring (bicyclic) bond motifs is 1. The maximum atomic E-state index is 9.75. The molecule has 1 aromatic heterocycles. The molecule has 0 bridgehead atoms. The van der Waals surface area contributed by atoms with Gasteiger partial charge in [-0.2, -0.15) is 0 Å². The van der Waals surface area contributed by atoms with Gasteiger partial charge in [-0.05, 0) is 30.7 Å². The number of halogens is 4. The van der Waals surface area contributed by atoms with E-state index in [1.54, 1.807) is 0 Å². The molecule has 0 atom stereocenters. The predicted molar refractivity (Wildman–Crippen MR) is 81.0 cm³/mol. The van der Waals surface area contributed by atoms with Gasteiger partial charge in [0.25, 0.3) is 0 Å². The van der Waals surface area contributed by atoms with Crippen molar-refractivity contribution in [3.63, 3.8) is 0 Å². The van der Waals surface area contributed by atoms with Gasteiger partial charge in [-0.1, -0.05) is 30.3 Å². The van der Waals surface area contributed by atoms with Crippen molar-refractivity contribution >= 4 is 18.2 Å². The van der Waals surface area contributed by atoms with Crippen molar-refractivity contribution in [3.05, 3.63) is 66.2 Å². The summed E-state index contributed by atoms with van der Waals surface area (Å²) in [7, 11) is -6.00. The van der Waals surface area contributed by atoms with E-state index < -0.39 is 7.25 Å². The highest BCUT2D eigenvalue weighted by atomic mass is 19.5. The van der Waals surface area contributed by atoms with E-state index in [4.69, 9.17) is 4.42 Å². The molecule has 0 spiro atoms. The Balaban J connectivity index is 0.000000309. The SMILES string of the molecule is Cc1cc(-c2ccccc2)[o+]c2ccccc12.F[B-](F)(F)F. The van der Waals surface area contributed by atoms with Crippen LogP contribution in [0.5, 0.6) is 0 Å². The molecule has 1 nitrogen and oxygen atoms in total. The fourth-order valence-corrected chi connectivity index (χ4v) is 2.05. The van der Waals surface area contributed by atoms with Crippen LogP contribution in [-0.2, 0) is 0 Å². The molecular formula is C16H13BF4O. The Morgan fingerprint density at radius 3 is 2.00 bits per heavy atom. The third-order valence-corrected chi connectivity index (χ3v) is 2.94. The largest absolute Gasteiger partial charge is 0.673 e. The summed E-state index contributed by atoms with van der Waals surface area (Å²) < 4.78 is 44.9. The molecule has 0 aliphatic rings. The molecule has 114 valence electrons. The lowest BCUT2D eigenvalue weighted by atomic mass is 10.1. The second kappa shape index (κ2) is 6.60. The van der Waals surface area contributed by atoms with Crippen molar-refractivity contribution in [2.75, 3.05) is 0 Å². The zero-order valence-electron chi connectivity index (χ0n) is 11.8. The van der Waals surface area contributed by atoms with Gasteiger partial charge < -0.3 is 17.3 Å². The zero-order chi connectivity index (χ0) is 16.2. The quantitative estimate of drug-likeness (QED) is 0.305. The Labute approximate surface area is 125 Å². The highest BCUT2D eigenvalue weighted by molar-refractivity contribution is 6.50. The van der Waals surface area contributed by atoms with E-state index >= 15 is 0 Å². The summed E-state index contributed by atoms with van der Waals surface area (Å²) in [6.07, 6.45) is 0. The fraction of sp³-hybridized carbons (Fsp3) is 0.0625. The van der Waals surface area contributed by atoms with Gasteiger partial charge in [-0.15, -0.1) is 0 Å². The second-order valence-electron chi connectivity index (χ2n) is 4.65. The average Bonchev–Trinajstić information content (AvgIpc) is 2.46. The van der Waals surface area contributed by atoms with Gasteiger partial charge in [0.2, 0.25) is 0 Å². The van der Waals surface area contributed by atoms with Crippen LogP contribution in [0.4, 0.5) is 17.3 Å². The molecule has 3 aromatic rings. The Kier molecular flexibility index (Phi) is 4.80. The minimum Gasteiger partial charge on any atom is -0.418 e. The number of para-hydroxylation sites is 1. The summed E-state index contributed by atoms with van der Waals surface area (Å²) in [5, 5.41) is 1.17. The van der Waals surface area contributed by atoms with Gasteiger partial charge in [0.1, 0.15) is 0 Å². The Hall–Kier alpha value is -2.37. The minimum atomic E-state index is -6.00. The molecule has 6 heteroatoms. The molecule has 0 radical (unpaired) electrons. The molecule has 0 aliphatic heterocycles. The number of benzene rings is 2. The van der Waals surface area contributed by atoms with Crippen LogP contribution in [0.25, 0.3) is 22.3 Å². The number of hydrogen-bond donors (Lipinski definition) is 0. The van der Waals surface area contributed by atoms with Crippen LogP contribution in [0.3, 0.4) is 0 Å². The van der Waals surface area contributed by atoms with Crippen LogP contribution < -0.4 is 0 Å². The van der Waals surface area contributed by atoms with Crippen molar-refractivity contribution in [1.82, 2.24) is 0 Å². The Morgan fingerprint density at radius 1 is 0.818 bits per heavy atom. The first-order valence-electron chi connectivity index (χ1n) is 6.60. The van der Waals surface area contributed by atoms with Gasteiger partial charge >= 0.3 is 18.6 Å². The molecule has 2 aromatic carbocycles. The van der Waals surface area contributed by atoms with E-state index in [-0.39, 0.29) is 0 Å². The van der Waals surface area contributed by atoms with Crippen LogP contribution in [0.2, 0.25) is 0 Å². The molecule has 1 heterocycles. The monoisotopic (exact) mass is 308 g/mol. The number of hydrogen-bond acceptors (Lipinski definition) is 0. The van der Waals surface area contributed by atoms with Crippen LogP contribution >= 0.6 is 0 Å². The molecule has 0 saturated carbocycles. The Morgan fingerprint density at radius 2 is 1.36 bits per heavy atom. The molecule has 22 heavy (non-hydrogen) atoms. The van der Waals surface area contributed by atoms with Crippen LogP contribution in [0.1, 0.15) is 5.56 Å². The van der Waals surface area contributed by atoms with Gasteiger partial charge in [0.05, 0.1) is 10.9 Å². The lowest BCUT2D eigenvalue weighted by Crippen LogP contribution is -2.02. The van der Waals surface area contributed by atoms with Crippen molar-refractivity contribution in [3.8, 4) is 11.3 Å². The van der Waals surface area contributed by atoms with Crippen molar-refractivity contribution in [2.24, 2.45) is 0 Å². The summed E-state index contributed by atoms with van der Waals surface area (Å²) >= 11 is 0. The van der Waals surface area contributed by atoms with E-state index in [9.17, 15) is 17.3 Å². The summed E-state index contributed by atoms with van der Waals surface area (Å²) in [4.78, 5) is 0. The molecular weight excluding hydrogens is 295 g/mol. The number of aryl methyl sites for hydroxylation is 1. The normalized spacial score (nSPS) is 11.0. The maximum absolute atomic E-state index is 9.75. The first-order valence-corrected chi connectivity index (χ1v) is 6.60. The highest BCUT2D eigenvalue weighted by Crippen LogP contribution is 2.27. The van der Waals surface area contributed by atoms with Gasteiger partial charge in [-0.25, -0.2) is 4.42 Å². The minimum absolute atomic E-state index is 0.918. The smallest absolute Gasteiger partial charge is 0.418 e.